The van der Waals surface area contributed by atoms with Gasteiger partial charge < -0.3 is 5.32 Å². The van der Waals surface area contributed by atoms with Gasteiger partial charge in [-0.05, 0) is 20.8 Å². The Balaban J connectivity index is 1.97. The van der Waals surface area contributed by atoms with Gasteiger partial charge in [0.15, 0.2) is 5.69 Å². The van der Waals surface area contributed by atoms with Crippen molar-refractivity contribution in [2.24, 2.45) is 0 Å². The number of alkyl halides is 1. The van der Waals surface area contributed by atoms with Gasteiger partial charge in [-0.25, -0.2) is 4.39 Å². The number of aryl methyl sites for hydroxylation is 1. The lowest BCUT2D eigenvalue weighted by molar-refractivity contribution is 0.0443. The largest absolute Gasteiger partial charge is 0.348 e. The molecule has 0 aliphatic heterocycles. The van der Waals surface area contributed by atoms with Crippen molar-refractivity contribution in [2.45, 2.75) is 45.3 Å². The molecule has 0 radical (unpaired) electrons. The number of rotatable bonds is 2. The molecule has 4 nitrogen and oxygen atoms in total. The fraction of sp³-hybridized carbons (Fsp3) is 0.636. The van der Waals surface area contributed by atoms with Crippen molar-refractivity contribution < 1.29 is 9.18 Å². The number of amides is 1. The van der Waals surface area contributed by atoms with E-state index in [1.165, 1.54) is 0 Å². The van der Waals surface area contributed by atoms with Crippen LogP contribution in [0.4, 0.5) is 4.39 Å². The molecular formula is C11H16FN3O. The molecule has 0 bridgehead atoms. The van der Waals surface area contributed by atoms with Crippen molar-refractivity contribution in [1.29, 1.82) is 0 Å². The van der Waals surface area contributed by atoms with Gasteiger partial charge in [0.2, 0.25) is 0 Å². The molecule has 1 fully saturated rings. The van der Waals surface area contributed by atoms with Crippen LogP contribution in [0.5, 0.6) is 0 Å². The topological polar surface area (TPSA) is 57.8 Å². The van der Waals surface area contributed by atoms with E-state index in [2.05, 4.69) is 15.5 Å². The first-order valence-electron chi connectivity index (χ1n) is 5.40. The smallest absolute Gasteiger partial charge is 0.272 e. The van der Waals surface area contributed by atoms with Crippen LogP contribution in [-0.4, -0.2) is 27.8 Å². The Bertz CT molecular complexity index is 417. The van der Waals surface area contributed by atoms with E-state index in [9.17, 15) is 9.18 Å². The van der Waals surface area contributed by atoms with Gasteiger partial charge in [-0.3, -0.25) is 9.89 Å². The monoisotopic (exact) mass is 225 g/mol. The first-order valence-corrected chi connectivity index (χ1v) is 5.40. The highest BCUT2D eigenvalue weighted by Crippen LogP contribution is 2.35. The molecule has 2 rings (SSSR count). The molecule has 1 aliphatic rings. The van der Waals surface area contributed by atoms with E-state index in [1.54, 1.807) is 6.92 Å². The number of carbonyl (C=O) groups excluding carboxylic acids is 1. The molecule has 16 heavy (non-hydrogen) atoms. The fourth-order valence-electron chi connectivity index (χ4n) is 2.03. The summed E-state index contributed by atoms with van der Waals surface area (Å²) < 4.78 is 13.2. The van der Waals surface area contributed by atoms with Gasteiger partial charge in [-0.1, -0.05) is 0 Å². The summed E-state index contributed by atoms with van der Waals surface area (Å²) in [5.41, 5.74) is 1.02. The zero-order valence-electron chi connectivity index (χ0n) is 9.72. The van der Waals surface area contributed by atoms with E-state index in [0.29, 0.717) is 18.5 Å². The molecule has 0 saturated heterocycles. The van der Waals surface area contributed by atoms with Gasteiger partial charge in [0.1, 0.15) is 5.67 Å². The number of nitrogens with zero attached hydrogens (tertiary/aromatic N) is 1. The second kappa shape index (κ2) is 3.57. The van der Waals surface area contributed by atoms with Crippen LogP contribution in [0.2, 0.25) is 0 Å². The normalized spacial score (nSPS) is 28.6. The van der Waals surface area contributed by atoms with Crippen molar-refractivity contribution in [2.75, 3.05) is 0 Å². The van der Waals surface area contributed by atoms with Crippen molar-refractivity contribution >= 4 is 5.91 Å². The van der Waals surface area contributed by atoms with Gasteiger partial charge in [-0.2, -0.15) is 5.10 Å². The fourth-order valence-corrected chi connectivity index (χ4v) is 2.03. The van der Waals surface area contributed by atoms with E-state index in [1.807, 2.05) is 13.8 Å². The number of nitrogens with one attached hydrogen (secondary N) is 2. The zero-order valence-corrected chi connectivity index (χ0v) is 9.72. The lowest BCUT2D eigenvalue weighted by Crippen LogP contribution is -2.51. The van der Waals surface area contributed by atoms with Crippen molar-refractivity contribution in [3.63, 3.8) is 0 Å². The number of hydrogen-bond donors (Lipinski definition) is 2. The molecule has 88 valence electrons. The summed E-state index contributed by atoms with van der Waals surface area (Å²) in [6.07, 6.45) is 0.780. The lowest BCUT2D eigenvalue weighted by Gasteiger charge is -2.38. The minimum absolute atomic E-state index is 0.0566. The van der Waals surface area contributed by atoms with E-state index < -0.39 is 5.67 Å². The first kappa shape index (κ1) is 11.1. The van der Waals surface area contributed by atoms with E-state index >= 15 is 0 Å². The second-order valence-electron chi connectivity index (χ2n) is 4.81. The molecule has 1 saturated carbocycles. The Morgan fingerprint density at radius 2 is 2.19 bits per heavy atom. The van der Waals surface area contributed by atoms with Crippen LogP contribution in [-0.2, 0) is 0 Å². The van der Waals surface area contributed by atoms with Crippen LogP contribution < -0.4 is 5.32 Å². The highest BCUT2D eigenvalue weighted by Gasteiger charge is 2.41. The van der Waals surface area contributed by atoms with Gasteiger partial charge in [0.05, 0.1) is 0 Å². The third-order valence-electron chi connectivity index (χ3n) is 3.15. The molecule has 2 N–H and O–H groups in total. The summed E-state index contributed by atoms with van der Waals surface area (Å²) in [5, 5.41) is 9.47. The molecule has 0 aromatic carbocycles. The van der Waals surface area contributed by atoms with E-state index in [4.69, 9.17) is 0 Å². The average molecular weight is 225 g/mol. The summed E-state index contributed by atoms with van der Waals surface area (Å²) in [7, 11) is 0. The third kappa shape index (κ3) is 1.94. The van der Waals surface area contributed by atoms with Crippen LogP contribution in [0, 0.1) is 13.8 Å². The van der Waals surface area contributed by atoms with E-state index in [-0.39, 0.29) is 11.9 Å². The molecule has 0 spiro atoms. The standard InChI is InChI=1S/C11H16FN3O/c1-6-7(2)14-15-9(6)10(16)13-8-4-11(3,12)5-8/h8H,4-5H2,1-3H3,(H,13,16)(H,14,15). The zero-order chi connectivity index (χ0) is 11.9. The Labute approximate surface area is 93.6 Å². The highest BCUT2D eigenvalue weighted by atomic mass is 19.1. The number of halogens is 1. The number of aromatic nitrogens is 2. The first-order chi connectivity index (χ1) is 7.39. The predicted molar refractivity (Wildman–Crippen MR) is 58.1 cm³/mol. The summed E-state index contributed by atoms with van der Waals surface area (Å²) in [6.45, 7) is 5.26. The Morgan fingerprint density at radius 1 is 1.56 bits per heavy atom. The molecule has 0 unspecified atom stereocenters. The Kier molecular flexibility index (Phi) is 2.48. The number of H-pyrrole nitrogens is 1. The molecule has 1 aliphatic carbocycles. The molecule has 1 aromatic heterocycles. The summed E-state index contributed by atoms with van der Waals surface area (Å²) >= 11 is 0. The number of aromatic amines is 1. The average Bonchev–Trinajstić information content (AvgIpc) is 2.44. The molecule has 1 heterocycles. The van der Waals surface area contributed by atoms with Crippen LogP contribution in [0.25, 0.3) is 0 Å². The van der Waals surface area contributed by atoms with Crippen molar-refractivity contribution in [3.05, 3.63) is 17.0 Å². The minimum Gasteiger partial charge on any atom is -0.348 e. The van der Waals surface area contributed by atoms with Crippen LogP contribution in [0.3, 0.4) is 0 Å². The number of hydrogen-bond acceptors (Lipinski definition) is 2. The highest BCUT2D eigenvalue weighted by molar-refractivity contribution is 5.94. The molecule has 1 amide bonds. The summed E-state index contributed by atoms with van der Waals surface area (Å²) in [6, 6.07) is -0.0566. The van der Waals surface area contributed by atoms with Crippen LogP contribution in [0.15, 0.2) is 0 Å². The molecule has 1 aromatic rings. The van der Waals surface area contributed by atoms with Crippen molar-refractivity contribution in [1.82, 2.24) is 15.5 Å². The Morgan fingerprint density at radius 3 is 2.62 bits per heavy atom. The van der Waals surface area contributed by atoms with Gasteiger partial charge >= 0.3 is 0 Å². The summed E-state index contributed by atoms with van der Waals surface area (Å²) in [4.78, 5) is 11.8. The quantitative estimate of drug-likeness (QED) is 0.804. The minimum atomic E-state index is -1.12. The second-order valence-corrected chi connectivity index (χ2v) is 4.81. The van der Waals surface area contributed by atoms with E-state index in [0.717, 1.165) is 11.3 Å². The van der Waals surface area contributed by atoms with Crippen LogP contribution >= 0.6 is 0 Å². The summed E-state index contributed by atoms with van der Waals surface area (Å²) in [5.74, 6) is -0.220. The molecular weight excluding hydrogens is 209 g/mol. The molecule has 5 heteroatoms. The third-order valence-corrected chi connectivity index (χ3v) is 3.15. The van der Waals surface area contributed by atoms with Gasteiger partial charge in [0.25, 0.3) is 5.91 Å². The maximum atomic E-state index is 13.2. The SMILES string of the molecule is Cc1[nH]nc(C(=O)NC2CC(C)(F)C2)c1C. The predicted octanol–water partition coefficient (Wildman–Crippen LogP) is 1.65. The van der Waals surface area contributed by atoms with Crippen molar-refractivity contribution in [3.8, 4) is 0 Å². The van der Waals surface area contributed by atoms with Gasteiger partial charge in [0, 0.05) is 30.1 Å². The number of carbonyl (C=O) groups is 1. The van der Waals surface area contributed by atoms with Crippen LogP contribution in [0.1, 0.15) is 41.5 Å². The maximum Gasteiger partial charge on any atom is 0.272 e. The van der Waals surface area contributed by atoms with Gasteiger partial charge in [-0.15, -0.1) is 0 Å². The maximum absolute atomic E-state index is 13.2. The molecule has 0 atom stereocenters. The lowest BCUT2D eigenvalue weighted by atomic mass is 9.79. The Hall–Kier alpha value is -1.39.